The van der Waals surface area contributed by atoms with Gasteiger partial charge in [-0.15, -0.1) is 0 Å². The van der Waals surface area contributed by atoms with E-state index in [9.17, 15) is 4.79 Å². The Kier molecular flexibility index (Phi) is 7.81. The van der Waals surface area contributed by atoms with Gasteiger partial charge in [-0.25, -0.2) is 4.79 Å². The van der Waals surface area contributed by atoms with E-state index < -0.39 is 0 Å². The lowest BCUT2D eigenvalue weighted by molar-refractivity contribution is 0.155. The number of hydrogen-bond donors (Lipinski definition) is 2. The van der Waals surface area contributed by atoms with Crippen LogP contribution in [0, 0.1) is 5.92 Å². The molecule has 2 amide bonds. The molecule has 27 heavy (non-hydrogen) atoms. The highest BCUT2D eigenvalue weighted by Gasteiger charge is 2.21. The number of amides is 2. The molecule has 0 bridgehead atoms. The average molecular weight is 374 g/mol. The maximum Gasteiger partial charge on any atom is 0.315 e. The van der Waals surface area contributed by atoms with Gasteiger partial charge in [0, 0.05) is 19.6 Å². The molecule has 5 nitrogen and oxygen atoms in total. The molecule has 3 rings (SSSR count). The van der Waals surface area contributed by atoms with Crippen LogP contribution in [-0.2, 0) is 6.54 Å². The van der Waals surface area contributed by atoms with Crippen molar-refractivity contribution in [3.8, 4) is 5.75 Å². The fraction of sp³-hybridized carbons (Fsp3) is 0.682. The number of nitrogens with one attached hydrogen (secondary N) is 2. The van der Waals surface area contributed by atoms with E-state index in [0.717, 1.165) is 43.8 Å². The minimum Gasteiger partial charge on any atom is -0.490 e. The third-order valence-corrected chi connectivity index (χ3v) is 5.67. The molecule has 0 radical (unpaired) electrons. The first-order valence-corrected chi connectivity index (χ1v) is 10.7. The largest absolute Gasteiger partial charge is 0.490 e. The van der Waals surface area contributed by atoms with Gasteiger partial charge in [-0.3, -0.25) is 0 Å². The van der Waals surface area contributed by atoms with E-state index in [2.05, 4.69) is 28.5 Å². The third-order valence-electron chi connectivity index (χ3n) is 5.67. The zero-order valence-electron chi connectivity index (χ0n) is 16.7. The van der Waals surface area contributed by atoms with Crippen molar-refractivity contribution in [2.45, 2.75) is 64.5 Å². The Bertz CT molecular complexity index is 587. The van der Waals surface area contributed by atoms with Crippen molar-refractivity contribution in [2.75, 3.05) is 26.2 Å². The van der Waals surface area contributed by atoms with Crippen LogP contribution in [0.15, 0.2) is 24.3 Å². The van der Waals surface area contributed by atoms with Gasteiger partial charge in [0.1, 0.15) is 5.75 Å². The SMILES string of the molecule is CCCN1CCC(CNC(=O)NCc2cccc(OC3CCCCC3)c2)C1. The summed E-state index contributed by atoms with van der Waals surface area (Å²) in [4.78, 5) is 14.6. The molecule has 1 atom stereocenters. The third kappa shape index (κ3) is 6.73. The summed E-state index contributed by atoms with van der Waals surface area (Å²) in [5, 5.41) is 6.00. The van der Waals surface area contributed by atoms with Gasteiger partial charge >= 0.3 is 6.03 Å². The second-order valence-electron chi connectivity index (χ2n) is 8.04. The predicted octanol–water partition coefficient (Wildman–Crippen LogP) is 3.93. The molecule has 150 valence electrons. The second kappa shape index (κ2) is 10.5. The van der Waals surface area contributed by atoms with E-state index in [1.807, 2.05) is 18.2 Å². The molecule has 0 spiro atoms. The van der Waals surface area contributed by atoms with Gasteiger partial charge in [-0.05, 0) is 75.2 Å². The van der Waals surface area contributed by atoms with Crippen LogP contribution >= 0.6 is 0 Å². The molecule has 1 heterocycles. The molecule has 1 unspecified atom stereocenters. The predicted molar refractivity (Wildman–Crippen MR) is 109 cm³/mol. The molecule has 1 aromatic carbocycles. The van der Waals surface area contributed by atoms with Crippen molar-refractivity contribution < 1.29 is 9.53 Å². The Balaban J connectivity index is 1.36. The number of urea groups is 1. The monoisotopic (exact) mass is 373 g/mol. The molecule has 1 aliphatic heterocycles. The van der Waals surface area contributed by atoms with E-state index in [1.54, 1.807) is 0 Å². The number of rotatable bonds is 8. The fourth-order valence-corrected chi connectivity index (χ4v) is 4.18. The van der Waals surface area contributed by atoms with E-state index >= 15 is 0 Å². The van der Waals surface area contributed by atoms with E-state index in [-0.39, 0.29) is 6.03 Å². The number of carbonyl (C=O) groups excluding carboxylic acids is 1. The first kappa shape index (κ1) is 20.0. The highest BCUT2D eigenvalue weighted by Crippen LogP contribution is 2.24. The molecular formula is C22H35N3O2. The highest BCUT2D eigenvalue weighted by atomic mass is 16.5. The smallest absolute Gasteiger partial charge is 0.315 e. The van der Waals surface area contributed by atoms with Crippen molar-refractivity contribution >= 4 is 6.03 Å². The van der Waals surface area contributed by atoms with Crippen LogP contribution in [0.5, 0.6) is 5.75 Å². The van der Waals surface area contributed by atoms with Crippen LogP contribution in [0.1, 0.15) is 57.4 Å². The number of ether oxygens (including phenoxy) is 1. The molecule has 1 saturated carbocycles. The van der Waals surface area contributed by atoms with E-state index in [4.69, 9.17) is 4.74 Å². The minimum atomic E-state index is -0.0810. The summed E-state index contributed by atoms with van der Waals surface area (Å²) in [6.45, 7) is 6.94. The first-order valence-electron chi connectivity index (χ1n) is 10.7. The summed E-state index contributed by atoms with van der Waals surface area (Å²) in [6, 6.07) is 8.03. The van der Waals surface area contributed by atoms with Gasteiger partial charge in [0.2, 0.25) is 0 Å². The Labute approximate surface area is 163 Å². The number of hydrogen-bond acceptors (Lipinski definition) is 3. The Morgan fingerprint density at radius 2 is 2.04 bits per heavy atom. The van der Waals surface area contributed by atoms with Crippen molar-refractivity contribution in [3.05, 3.63) is 29.8 Å². The molecule has 5 heteroatoms. The molecule has 1 aliphatic carbocycles. The lowest BCUT2D eigenvalue weighted by Gasteiger charge is -2.23. The maximum absolute atomic E-state index is 12.1. The standard InChI is InChI=1S/C22H35N3O2/c1-2-12-25-13-11-19(17-25)16-24-22(26)23-15-18-7-6-10-21(14-18)27-20-8-4-3-5-9-20/h6-7,10,14,19-20H,2-5,8-9,11-13,15-17H2,1H3,(H2,23,24,26). The van der Waals surface area contributed by atoms with Gasteiger partial charge in [0.25, 0.3) is 0 Å². The summed E-state index contributed by atoms with van der Waals surface area (Å²) in [7, 11) is 0. The molecular weight excluding hydrogens is 338 g/mol. The minimum absolute atomic E-state index is 0.0810. The van der Waals surface area contributed by atoms with Crippen LogP contribution in [0.3, 0.4) is 0 Å². The Hall–Kier alpha value is -1.75. The van der Waals surface area contributed by atoms with Gasteiger partial charge in [-0.2, -0.15) is 0 Å². The summed E-state index contributed by atoms with van der Waals surface area (Å²) in [5.41, 5.74) is 1.08. The second-order valence-corrected chi connectivity index (χ2v) is 8.04. The summed E-state index contributed by atoms with van der Waals surface area (Å²) in [5.74, 6) is 1.50. The molecule has 0 aromatic heterocycles. The van der Waals surface area contributed by atoms with Crippen LogP contribution in [-0.4, -0.2) is 43.2 Å². The first-order chi connectivity index (χ1) is 13.2. The molecule has 2 N–H and O–H groups in total. The number of benzene rings is 1. The van der Waals surface area contributed by atoms with Crippen LogP contribution in [0.2, 0.25) is 0 Å². The van der Waals surface area contributed by atoms with E-state index in [0.29, 0.717) is 18.6 Å². The quantitative estimate of drug-likeness (QED) is 0.726. The van der Waals surface area contributed by atoms with Gasteiger partial charge in [0.05, 0.1) is 6.10 Å². The summed E-state index contributed by atoms with van der Waals surface area (Å²) < 4.78 is 6.11. The number of carbonyl (C=O) groups is 1. The molecule has 2 aliphatic rings. The van der Waals surface area contributed by atoms with Crippen molar-refractivity contribution in [1.29, 1.82) is 0 Å². The van der Waals surface area contributed by atoms with Crippen molar-refractivity contribution in [2.24, 2.45) is 5.92 Å². The fourth-order valence-electron chi connectivity index (χ4n) is 4.18. The van der Waals surface area contributed by atoms with Crippen LogP contribution < -0.4 is 15.4 Å². The highest BCUT2D eigenvalue weighted by molar-refractivity contribution is 5.73. The Morgan fingerprint density at radius 3 is 2.85 bits per heavy atom. The average Bonchev–Trinajstić information content (AvgIpc) is 3.14. The molecule has 1 aromatic rings. The lowest BCUT2D eigenvalue weighted by atomic mass is 9.98. The summed E-state index contributed by atoms with van der Waals surface area (Å²) in [6.07, 6.45) is 8.90. The lowest BCUT2D eigenvalue weighted by Crippen LogP contribution is -2.38. The van der Waals surface area contributed by atoms with Gasteiger partial charge < -0.3 is 20.3 Å². The number of nitrogens with zero attached hydrogens (tertiary/aromatic N) is 1. The topological polar surface area (TPSA) is 53.6 Å². The summed E-state index contributed by atoms with van der Waals surface area (Å²) >= 11 is 0. The van der Waals surface area contributed by atoms with Gasteiger partial charge in [0.15, 0.2) is 0 Å². The zero-order chi connectivity index (χ0) is 18.9. The normalized spacial score (nSPS) is 21.1. The van der Waals surface area contributed by atoms with Crippen LogP contribution in [0.25, 0.3) is 0 Å². The Morgan fingerprint density at radius 1 is 1.19 bits per heavy atom. The van der Waals surface area contributed by atoms with Crippen LogP contribution in [0.4, 0.5) is 4.79 Å². The molecule has 1 saturated heterocycles. The molecule has 2 fully saturated rings. The van der Waals surface area contributed by atoms with Crippen molar-refractivity contribution in [1.82, 2.24) is 15.5 Å². The zero-order valence-corrected chi connectivity index (χ0v) is 16.7. The van der Waals surface area contributed by atoms with Crippen molar-refractivity contribution in [3.63, 3.8) is 0 Å². The number of likely N-dealkylation sites (tertiary alicyclic amines) is 1. The maximum atomic E-state index is 12.1. The van der Waals surface area contributed by atoms with E-state index in [1.165, 1.54) is 38.6 Å². The van der Waals surface area contributed by atoms with Gasteiger partial charge in [-0.1, -0.05) is 25.5 Å².